The zero-order valence-corrected chi connectivity index (χ0v) is 13.9. The Bertz CT molecular complexity index is 762. The Morgan fingerprint density at radius 2 is 2.09 bits per heavy atom. The van der Waals surface area contributed by atoms with Crippen LogP contribution in [0.15, 0.2) is 35.3 Å². The van der Waals surface area contributed by atoms with E-state index in [0.717, 1.165) is 16.0 Å². The molecule has 0 saturated carbocycles. The van der Waals surface area contributed by atoms with Gasteiger partial charge in [0, 0.05) is 6.54 Å². The van der Waals surface area contributed by atoms with Crippen LogP contribution < -0.4 is 15.6 Å². The zero-order chi connectivity index (χ0) is 16.8. The molecule has 0 aliphatic carbocycles. The van der Waals surface area contributed by atoms with Gasteiger partial charge in [-0.3, -0.25) is 9.59 Å². The first-order valence-corrected chi connectivity index (χ1v) is 7.58. The maximum atomic E-state index is 11.9. The number of benzene rings is 1. The molecule has 8 heteroatoms. The van der Waals surface area contributed by atoms with Crippen molar-refractivity contribution in [1.29, 1.82) is 0 Å². The lowest BCUT2D eigenvalue weighted by atomic mass is 10.1. The average Bonchev–Trinajstić information content (AvgIpc) is 2.56. The van der Waals surface area contributed by atoms with Gasteiger partial charge in [0.05, 0.1) is 18.3 Å². The summed E-state index contributed by atoms with van der Waals surface area (Å²) in [5.41, 5.74) is 0.388. The zero-order valence-electron chi connectivity index (χ0n) is 12.4. The normalized spacial score (nSPS) is 10.4. The van der Waals surface area contributed by atoms with Gasteiger partial charge in [0.15, 0.2) is 0 Å². The van der Waals surface area contributed by atoms with Gasteiger partial charge in [-0.1, -0.05) is 41.4 Å². The second kappa shape index (κ2) is 7.99. The third kappa shape index (κ3) is 4.46. The van der Waals surface area contributed by atoms with Gasteiger partial charge in [0.2, 0.25) is 5.91 Å². The van der Waals surface area contributed by atoms with Crippen LogP contribution in [0, 0.1) is 0 Å². The number of para-hydroxylation sites is 1. The molecular formula is C15H15Cl2N3O3. The number of rotatable bonds is 6. The van der Waals surface area contributed by atoms with Crippen LogP contribution >= 0.6 is 23.2 Å². The second-order valence-corrected chi connectivity index (χ2v) is 5.47. The molecule has 0 unspecified atom stereocenters. The summed E-state index contributed by atoms with van der Waals surface area (Å²) in [6.45, 7) is 0.191. The fourth-order valence-electron chi connectivity index (χ4n) is 2.00. The molecule has 0 atom stereocenters. The molecule has 0 saturated heterocycles. The topological polar surface area (TPSA) is 73.2 Å². The van der Waals surface area contributed by atoms with Crippen LogP contribution in [0.4, 0.5) is 0 Å². The van der Waals surface area contributed by atoms with Crippen LogP contribution in [0.2, 0.25) is 10.0 Å². The molecule has 0 aliphatic heterocycles. The summed E-state index contributed by atoms with van der Waals surface area (Å²) in [4.78, 5) is 23.7. The highest BCUT2D eigenvalue weighted by Gasteiger charge is 2.11. The molecule has 1 N–H and O–H groups in total. The van der Waals surface area contributed by atoms with E-state index in [-0.39, 0.29) is 22.5 Å². The maximum Gasteiger partial charge on any atom is 0.287 e. The summed E-state index contributed by atoms with van der Waals surface area (Å²) in [6, 6.07) is 7.56. The van der Waals surface area contributed by atoms with Gasteiger partial charge < -0.3 is 10.1 Å². The highest BCUT2D eigenvalue weighted by molar-refractivity contribution is 6.41. The van der Waals surface area contributed by atoms with E-state index in [1.165, 1.54) is 6.20 Å². The first kappa shape index (κ1) is 17.3. The number of nitrogens with one attached hydrogen (secondary N) is 1. The van der Waals surface area contributed by atoms with E-state index in [1.54, 1.807) is 7.11 Å². The third-order valence-corrected chi connectivity index (χ3v) is 3.89. The van der Waals surface area contributed by atoms with Gasteiger partial charge in [-0.2, -0.15) is 5.10 Å². The Morgan fingerprint density at radius 3 is 2.83 bits per heavy atom. The minimum atomic E-state index is -0.598. The van der Waals surface area contributed by atoms with Crippen LogP contribution in [-0.2, 0) is 17.8 Å². The first-order chi connectivity index (χ1) is 11.0. The molecule has 1 aromatic carbocycles. The van der Waals surface area contributed by atoms with E-state index < -0.39 is 5.56 Å². The van der Waals surface area contributed by atoms with Gasteiger partial charge >= 0.3 is 0 Å². The summed E-state index contributed by atoms with van der Waals surface area (Å²) >= 11 is 11.4. The molecule has 0 aliphatic rings. The van der Waals surface area contributed by atoms with Crippen LogP contribution in [0.5, 0.6) is 5.75 Å². The number of hydrogen-bond donors (Lipinski definition) is 1. The Morgan fingerprint density at radius 1 is 1.35 bits per heavy atom. The van der Waals surface area contributed by atoms with Crippen molar-refractivity contribution < 1.29 is 9.53 Å². The quantitative estimate of drug-likeness (QED) is 0.858. The van der Waals surface area contributed by atoms with Gasteiger partial charge in [-0.25, -0.2) is 4.68 Å². The van der Waals surface area contributed by atoms with Crippen molar-refractivity contribution in [2.24, 2.45) is 0 Å². The number of methoxy groups -OCH3 is 1. The number of ether oxygens (including phenoxy) is 1. The Hall–Kier alpha value is -2.05. The van der Waals surface area contributed by atoms with Crippen LogP contribution in [0.1, 0.15) is 5.56 Å². The number of aromatic nitrogens is 2. The standard InChI is InChI=1S/C15H15Cl2N3O3/c1-23-12-5-3-2-4-10(12)6-7-18-13(21)9-20-15(22)14(17)11(16)8-19-20/h2-5,8H,6-7,9H2,1H3,(H,18,21). The number of carbonyl (C=O) groups excluding carboxylic acids is 1. The Balaban J connectivity index is 1.91. The number of hydrogen-bond acceptors (Lipinski definition) is 4. The third-order valence-electron chi connectivity index (χ3n) is 3.14. The van der Waals surface area contributed by atoms with Gasteiger partial charge in [0.25, 0.3) is 5.56 Å². The van der Waals surface area contributed by atoms with Crippen LogP contribution in [-0.4, -0.2) is 29.3 Å². The van der Waals surface area contributed by atoms with E-state index in [1.807, 2.05) is 24.3 Å². The lowest BCUT2D eigenvalue weighted by Crippen LogP contribution is -2.34. The summed E-state index contributed by atoms with van der Waals surface area (Å²) in [5.74, 6) is 0.428. The molecule has 6 nitrogen and oxygen atoms in total. The molecule has 0 radical (unpaired) electrons. The Kier molecular flexibility index (Phi) is 6.01. The molecule has 1 amide bonds. The summed E-state index contributed by atoms with van der Waals surface area (Å²) in [7, 11) is 1.60. The van der Waals surface area contributed by atoms with Gasteiger partial charge in [0.1, 0.15) is 17.3 Å². The van der Waals surface area contributed by atoms with Crippen molar-refractivity contribution in [3.8, 4) is 5.75 Å². The summed E-state index contributed by atoms with van der Waals surface area (Å²) in [5, 5.41) is 6.41. The largest absolute Gasteiger partial charge is 0.496 e. The van der Waals surface area contributed by atoms with Crippen LogP contribution in [0.3, 0.4) is 0 Å². The van der Waals surface area contributed by atoms with E-state index in [0.29, 0.717) is 13.0 Å². The Labute approximate surface area is 143 Å². The molecule has 2 rings (SSSR count). The fourth-order valence-corrected chi connectivity index (χ4v) is 2.27. The average molecular weight is 356 g/mol. The summed E-state index contributed by atoms with van der Waals surface area (Å²) in [6.07, 6.45) is 1.84. The fraction of sp³-hybridized carbons (Fsp3) is 0.267. The lowest BCUT2D eigenvalue weighted by Gasteiger charge is -2.09. The molecule has 1 heterocycles. The number of carbonyl (C=O) groups is 1. The SMILES string of the molecule is COc1ccccc1CCNC(=O)Cn1ncc(Cl)c(Cl)c1=O. The van der Waals surface area contributed by atoms with Crippen molar-refractivity contribution in [2.45, 2.75) is 13.0 Å². The van der Waals surface area contributed by atoms with Crippen molar-refractivity contribution in [3.63, 3.8) is 0 Å². The van der Waals surface area contributed by atoms with Gasteiger partial charge in [-0.05, 0) is 18.1 Å². The number of amides is 1. The van der Waals surface area contributed by atoms with E-state index >= 15 is 0 Å². The van der Waals surface area contributed by atoms with E-state index in [4.69, 9.17) is 27.9 Å². The smallest absolute Gasteiger partial charge is 0.287 e. The summed E-state index contributed by atoms with van der Waals surface area (Å²) < 4.78 is 6.21. The van der Waals surface area contributed by atoms with Crippen molar-refractivity contribution >= 4 is 29.1 Å². The van der Waals surface area contributed by atoms with Crippen molar-refractivity contribution in [2.75, 3.05) is 13.7 Å². The monoisotopic (exact) mass is 355 g/mol. The maximum absolute atomic E-state index is 11.9. The molecule has 0 bridgehead atoms. The lowest BCUT2D eigenvalue weighted by molar-refractivity contribution is -0.121. The minimum absolute atomic E-state index is 0.0597. The molecular weight excluding hydrogens is 341 g/mol. The van der Waals surface area contributed by atoms with E-state index in [2.05, 4.69) is 10.4 Å². The number of nitrogens with zero attached hydrogens (tertiary/aromatic N) is 2. The molecule has 2 aromatic rings. The van der Waals surface area contributed by atoms with Crippen LogP contribution in [0.25, 0.3) is 0 Å². The minimum Gasteiger partial charge on any atom is -0.496 e. The number of halogens is 2. The second-order valence-electron chi connectivity index (χ2n) is 4.68. The molecule has 122 valence electrons. The molecule has 0 spiro atoms. The highest BCUT2D eigenvalue weighted by atomic mass is 35.5. The van der Waals surface area contributed by atoms with Crippen molar-refractivity contribution in [3.05, 3.63) is 56.4 Å². The van der Waals surface area contributed by atoms with Crippen molar-refractivity contribution in [1.82, 2.24) is 15.1 Å². The van der Waals surface area contributed by atoms with E-state index in [9.17, 15) is 9.59 Å². The molecule has 0 fully saturated rings. The first-order valence-electron chi connectivity index (χ1n) is 6.82. The predicted molar refractivity (Wildman–Crippen MR) is 88.2 cm³/mol. The molecule has 1 aromatic heterocycles. The molecule has 23 heavy (non-hydrogen) atoms. The predicted octanol–water partition coefficient (Wildman–Crippen LogP) is 1.92. The highest BCUT2D eigenvalue weighted by Crippen LogP contribution is 2.17. The van der Waals surface area contributed by atoms with Gasteiger partial charge in [-0.15, -0.1) is 0 Å².